The molecule has 1 aliphatic heterocycles. The third-order valence-corrected chi connectivity index (χ3v) is 4.37. The van der Waals surface area contributed by atoms with E-state index in [1.807, 2.05) is 0 Å². The molecule has 76 valence electrons. The highest BCUT2D eigenvalue weighted by molar-refractivity contribution is 6.35. The Morgan fingerprint density at radius 2 is 0.692 bits per heavy atom. The molecule has 0 bridgehead atoms. The normalized spacial score (nSPS) is 24.0. The number of rotatable bonds is 0. The van der Waals surface area contributed by atoms with Crippen LogP contribution in [-0.2, 0) is 0 Å². The average molecular weight is 196 g/mol. The second kappa shape index (κ2) is 8.80. The minimum absolute atomic E-state index is 1.28. The molecule has 0 nitrogen and oxygen atoms in total. The summed E-state index contributed by atoms with van der Waals surface area (Å²) in [6.07, 6.45) is 15.1. The van der Waals surface area contributed by atoms with Crippen LogP contribution in [0.3, 0.4) is 0 Å². The second-order valence-electron chi connectivity index (χ2n) is 4.29. The van der Waals surface area contributed by atoms with Crippen molar-refractivity contribution in [2.24, 2.45) is 0 Å². The summed E-state index contributed by atoms with van der Waals surface area (Å²) >= 11 is 0. The summed E-state index contributed by atoms with van der Waals surface area (Å²) in [5, 5.41) is 0. The van der Waals surface area contributed by atoms with Crippen molar-refractivity contribution in [3.05, 3.63) is 0 Å². The highest BCUT2D eigenvalue weighted by Crippen LogP contribution is 2.14. The van der Waals surface area contributed by atoms with E-state index < -0.39 is 0 Å². The van der Waals surface area contributed by atoms with Crippen LogP contribution in [-0.4, -0.2) is 9.52 Å². The molecule has 13 heavy (non-hydrogen) atoms. The third kappa shape index (κ3) is 7.30. The standard InChI is InChI=1S/C12H24Si/c1-2-4-6-8-10-12-13-11-9-7-5-3-1/h1-12H2. The van der Waals surface area contributed by atoms with Crippen LogP contribution < -0.4 is 0 Å². The summed E-state index contributed by atoms with van der Waals surface area (Å²) < 4.78 is 0. The predicted octanol–water partition coefficient (Wildman–Crippen LogP) is 4.44. The lowest BCUT2D eigenvalue weighted by atomic mass is 10.1. The van der Waals surface area contributed by atoms with Crippen molar-refractivity contribution >= 4 is 9.52 Å². The highest BCUT2D eigenvalue weighted by atomic mass is 28.2. The van der Waals surface area contributed by atoms with Crippen LogP contribution in [0.15, 0.2) is 0 Å². The Balaban J connectivity index is 2.01. The Bertz CT molecular complexity index is 53.2. The van der Waals surface area contributed by atoms with Gasteiger partial charge >= 0.3 is 0 Å². The first-order valence-corrected chi connectivity index (χ1v) is 7.62. The van der Waals surface area contributed by atoms with Gasteiger partial charge in [-0.3, -0.25) is 0 Å². The second-order valence-corrected chi connectivity index (χ2v) is 5.79. The van der Waals surface area contributed by atoms with E-state index in [-0.39, 0.29) is 0 Å². The monoisotopic (exact) mass is 196 g/mol. The van der Waals surface area contributed by atoms with Gasteiger partial charge in [-0.2, -0.15) is 0 Å². The minimum Gasteiger partial charge on any atom is -0.0612 e. The van der Waals surface area contributed by atoms with Crippen LogP contribution >= 0.6 is 0 Å². The predicted molar refractivity (Wildman–Crippen MR) is 61.5 cm³/mol. The van der Waals surface area contributed by atoms with Gasteiger partial charge in [0.2, 0.25) is 0 Å². The van der Waals surface area contributed by atoms with Crippen molar-refractivity contribution < 1.29 is 0 Å². The topological polar surface area (TPSA) is 0 Å². The Kier molecular flexibility index (Phi) is 7.64. The van der Waals surface area contributed by atoms with Gasteiger partial charge in [-0.25, -0.2) is 0 Å². The van der Waals surface area contributed by atoms with Gasteiger partial charge in [0.05, 0.1) is 0 Å². The third-order valence-electron chi connectivity index (χ3n) is 2.96. The molecule has 0 saturated carbocycles. The summed E-state index contributed by atoms with van der Waals surface area (Å²) in [6.45, 7) is 0. The molecule has 0 aromatic carbocycles. The van der Waals surface area contributed by atoms with E-state index in [2.05, 4.69) is 0 Å². The molecule has 0 aromatic heterocycles. The average Bonchev–Trinajstić information content (AvgIpc) is 2.18. The van der Waals surface area contributed by atoms with E-state index in [9.17, 15) is 0 Å². The molecular weight excluding hydrogens is 172 g/mol. The molecule has 0 unspecified atom stereocenters. The van der Waals surface area contributed by atoms with Gasteiger partial charge in [-0.1, -0.05) is 76.3 Å². The van der Waals surface area contributed by atoms with Crippen molar-refractivity contribution in [2.75, 3.05) is 0 Å². The van der Waals surface area contributed by atoms with Crippen molar-refractivity contribution in [3.8, 4) is 0 Å². The summed E-state index contributed by atoms with van der Waals surface area (Å²) in [6, 6.07) is 3.06. The van der Waals surface area contributed by atoms with Gasteiger partial charge in [-0.05, 0) is 0 Å². The van der Waals surface area contributed by atoms with Crippen LogP contribution in [0.2, 0.25) is 12.1 Å². The quantitative estimate of drug-likeness (QED) is 0.502. The fourth-order valence-electron chi connectivity index (χ4n) is 2.04. The minimum atomic E-state index is 1.28. The summed E-state index contributed by atoms with van der Waals surface area (Å²) in [7, 11) is 1.28. The number of hydrogen-bond donors (Lipinski definition) is 0. The van der Waals surface area contributed by atoms with E-state index in [1.165, 1.54) is 85.8 Å². The molecule has 0 amide bonds. The lowest BCUT2D eigenvalue weighted by Gasteiger charge is -1.99. The van der Waals surface area contributed by atoms with Crippen molar-refractivity contribution in [3.63, 3.8) is 0 Å². The van der Waals surface area contributed by atoms with Crippen molar-refractivity contribution in [1.29, 1.82) is 0 Å². The van der Waals surface area contributed by atoms with Crippen LogP contribution in [0.4, 0.5) is 0 Å². The summed E-state index contributed by atoms with van der Waals surface area (Å²) in [4.78, 5) is 0. The highest BCUT2D eigenvalue weighted by Gasteiger charge is 1.96. The Hall–Kier alpha value is 0.217. The summed E-state index contributed by atoms with van der Waals surface area (Å²) in [5.41, 5.74) is 0. The maximum Gasteiger partial charge on any atom is 0.0378 e. The Morgan fingerprint density at radius 1 is 0.385 bits per heavy atom. The smallest absolute Gasteiger partial charge is 0.0378 e. The van der Waals surface area contributed by atoms with E-state index in [1.54, 1.807) is 0 Å². The van der Waals surface area contributed by atoms with Gasteiger partial charge in [0, 0.05) is 9.52 Å². The zero-order valence-electron chi connectivity index (χ0n) is 8.99. The van der Waals surface area contributed by atoms with Crippen molar-refractivity contribution in [1.82, 2.24) is 0 Å². The van der Waals surface area contributed by atoms with E-state index >= 15 is 0 Å². The summed E-state index contributed by atoms with van der Waals surface area (Å²) in [5.74, 6) is 0. The molecule has 0 aromatic rings. The van der Waals surface area contributed by atoms with Gasteiger partial charge in [0.1, 0.15) is 0 Å². The van der Waals surface area contributed by atoms with E-state index in [4.69, 9.17) is 0 Å². The molecule has 1 saturated heterocycles. The molecule has 1 fully saturated rings. The Morgan fingerprint density at radius 3 is 1.08 bits per heavy atom. The maximum atomic E-state index is 1.53. The van der Waals surface area contributed by atoms with Gasteiger partial charge < -0.3 is 0 Å². The van der Waals surface area contributed by atoms with Gasteiger partial charge in [0.15, 0.2) is 0 Å². The van der Waals surface area contributed by atoms with E-state index in [0.29, 0.717) is 0 Å². The maximum absolute atomic E-state index is 1.53. The molecule has 0 atom stereocenters. The molecule has 1 heteroatoms. The zero-order chi connectivity index (χ0) is 9.19. The van der Waals surface area contributed by atoms with Gasteiger partial charge in [-0.15, -0.1) is 0 Å². The molecule has 1 heterocycles. The molecule has 1 rings (SSSR count). The SMILES string of the molecule is C1CCCCCC[Si]CCCCC1. The van der Waals surface area contributed by atoms with Crippen LogP contribution in [0.25, 0.3) is 0 Å². The van der Waals surface area contributed by atoms with Crippen LogP contribution in [0.1, 0.15) is 64.2 Å². The number of hydrogen-bond acceptors (Lipinski definition) is 0. The van der Waals surface area contributed by atoms with Crippen molar-refractivity contribution in [2.45, 2.75) is 76.3 Å². The first-order chi connectivity index (χ1) is 6.50. The zero-order valence-corrected chi connectivity index (χ0v) is 9.99. The Labute approximate surface area is 86.3 Å². The first kappa shape index (κ1) is 11.3. The first-order valence-electron chi connectivity index (χ1n) is 6.21. The van der Waals surface area contributed by atoms with E-state index in [0.717, 1.165) is 0 Å². The lowest BCUT2D eigenvalue weighted by Crippen LogP contribution is -1.89. The van der Waals surface area contributed by atoms with Crippen LogP contribution in [0.5, 0.6) is 0 Å². The molecule has 0 aliphatic carbocycles. The molecular formula is C12H24Si. The molecule has 0 N–H and O–H groups in total. The molecule has 2 radical (unpaired) electrons. The van der Waals surface area contributed by atoms with Crippen LogP contribution in [0, 0.1) is 0 Å². The fourth-order valence-corrected chi connectivity index (χ4v) is 3.29. The molecule has 1 aliphatic rings. The largest absolute Gasteiger partial charge is 0.0612 e. The lowest BCUT2D eigenvalue weighted by molar-refractivity contribution is 0.565. The molecule has 0 spiro atoms. The fraction of sp³-hybridized carbons (Fsp3) is 1.00. The van der Waals surface area contributed by atoms with Gasteiger partial charge in [0.25, 0.3) is 0 Å².